The first-order valence-electron chi connectivity index (χ1n) is 6.34. The predicted molar refractivity (Wildman–Crippen MR) is 72.6 cm³/mol. The van der Waals surface area contributed by atoms with Crippen molar-refractivity contribution in [2.75, 3.05) is 6.54 Å². The minimum Gasteiger partial charge on any atom is -0.330 e. The number of hydrogen-bond donors (Lipinski definition) is 1. The van der Waals surface area contributed by atoms with Gasteiger partial charge in [0.2, 0.25) is 0 Å². The van der Waals surface area contributed by atoms with Crippen molar-refractivity contribution in [2.24, 2.45) is 5.73 Å². The van der Waals surface area contributed by atoms with Crippen LogP contribution in [0.3, 0.4) is 0 Å². The van der Waals surface area contributed by atoms with Gasteiger partial charge in [-0.05, 0) is 35.6 Å². The molecule has 1 rings (SSSR count). The Hall–Kier alpha value is -1.15. The highest BCUT2D eigenvalue weighted by molar-refractivity contribution is 5.98. The molecule has 0 radical (unpaired) electrons. The van der Waals surface area contributed by atoms with Gasteiger partial charge in [0.1, 0.15) is 0 Å². The minimum atomic E-state index is 0.165. The van der Waals surface area contributed by atoms with Gasteiger partial charge in [0.15, 0.2) is 5.78 Å². The molecule has 0 fully saturated rings. The highest BCUT2D eigenvalue weighted by atomic mass is 16.1. The number of hydrogen-bond acceptors (Lipinski definition) is 2. The average Bonchev–Trinajstić information content (AvgIpc) is 2.28. The number of rotatable bonds is 5. The second-order valence-electron chi connectivity index (χ2n) is 5.12. The highest BCUT2D eigenvalue weighted by Crippen LogP contribution is 2.25. The second kappa shape index (κ2) is 5.97. The molecule has 2 heteroatoms. The van der Waals surface area contributed by atoms with Crippen molar-refractivity contribution in [1.82, 2.24) is 0 Å². The van der Waals surface area contributed by atoms with Gasteiger partial charge in [0.25, 0.3) is 0 Å². The molecule has 1 aromatic rings. The molecule has 0 saturated heterocycles. The second-order valence-corrected chi connectivity index (χ2v) is 5.12. The fraction of sp³-hybridized carbons (Fsp3) is 0.533. The lowest BCUT2D eigenvalue weighted by Gasteiger charge is -2.15. The standard InChI is InChI=1S/C15H23NO/c1-10(2)12-5-6-13(11(3)4)14(9-12)15(17)7-8-16/h5-6,9-11H,7-8,16H2,1-4H3. The zero-order valence-corrected chi connectivity index (χ0v) is 11.3. The monoisotopic (exact) mass is 233 g/mol. The van der Waals surface area contributed by atoms with E-state index in [4.69, 9.17) is 5.73 Å². The molecule has 17 heavy (non-hydrogen) atoms. The van der Waals surface area contributed by atoms with Gasteiger partial charge in [0, 0.05) is 12.0 Å². The fourth-order valence-corrected chi connectivity index (χ4v) is 1.94. The maximum atomic E-state index is 12.1. The number of nitrogens with two attached hydrogens (primary N) is 1. The number of Topliss-reactive ketones (excluding diaryl/α,β-unsaturated/α-hetero) is 1. The van der Waals surface area contributed by atoms with Gasteiger partial charge in [-0.15, -0.1) is 0 Å². The van der Waals surface area contributed by atoms with Crippen molar-refractivity contribution in [3.05, 3.63) is 34.9 Å². The molecule has 0 aliphatic rings. The van der Waals surface area contributed by atoms with Crippen LogP contribution in [-0.2, 0) is 0 Å². The van der Waals surface area contributed by atoms with Crippen molar-refractivity contribution >= 4 is 5.78 Å². The third kappa shape index (κ3) is 3.40. The lowest BCUT2D eigenvalue weighted by Crippen LogP contribution is -2.11. The Morgan fingerprint density at radius 3 is 2.29 bits per heavy atom. The molecule has 0 aliphatic carbocycles. The van der Waals surface area contributed by atoms with Crippen molar-refractivity contribution in [1.29, 1.82) is 0 Å². The molecule has 0 aromatic heterocycles. The van der Waals surface area contributed by atoms with Crippen LogP contribution in [0.25, 0.3) is 0 Å². The van der Waals surface area contributed by atoms with Crippen LogP contribution in [0.5, 0.6) is 0 Å². The summed E-state index contributed by atoms with van der Waals surface area (Å²) in [5, 5.41) is 0. The molecule has 1 aromatic carbocycles. The normalized spacial score (nSPS) is 11.2. The van der Waals surface area contributed by atoms with Gasteiger partial charge in [-0.3, -0.25) is 4.79 Å². The zero-order valence-electron chi connectivity index (χ0n) is 11.3. The molecule has 0 unspecified atom stereocenters. The molecule has 0 bridgehead atoms. The minimum absolute atomic E-state index is 0.165. The largest absolute Gasteiger partial charge is 0.330 e. The fourth-order valence-electron chi connectivity index (χ4n) is 1.94. The molecule has 0 amide bonds. The lowest BCUT2D eigenvalue weighted by molar-refractivity contribution is 0.0984. The zero-order chi connectivity index (χ0) is 13.0. The predicted octanol–water partition coefficient (Wildman–Crippen LogP) is 3.46. The van der Waals surface area contributed by atoms with Crippen LogP contribution in [0.15, 0.2) is 18.2 Å². The van der Waals surface area contributed by atoms with Crippen LogP contribution in [0.2, 0.25) is 0 Å². The average molecular weight is 233 g/mol. The van der Waals surface area contributed by atoms with E-state index >= 15 is 0 Å². The van der Waals surface area contributed by atoms with Crippen molar-refractivity contribution in [3.8, 4) is 0 Å². The summed E-state index contributed by atoms with van der Waals surface area (Å²) in [6.07, 6.45) is 0.432. The summed E-state index contributed by atoms with van der Waals surface area (Å²) in [7, 11) is 0. The first-order valence-corrected chi connectivity index (χ1v) is 6.34. The summed E-state index contributed by atoms with van der Waals surface area (Å²) in [4.78, 5) is 12.1. The number of ketones is 1. The first-order chi connectivity index (χ1) is 7.97. The van der Waals surface area contributed by atoms with Gasteiger partial charge in [-0.25, -0.2) is 0 Å². The summed E-state index contributed by atoms with van der Waals surface area (Å²) >= 11 is 0. The van der Waals surface area contributed by atoms with Gasteiger partial charge in [0.05, 0.1) is 0 Å². The molecule has 0 saturated carbocycles. The van der Waals surface area contributed by atoms with Crippen LogP contribution < -0.4 is 5.73 Å². The SMILES string of the molecule is CC(C)c1ccc(C(C)C)c(C(=O)CCN)c1. The molecular formula is C15H23NO. The van der Waals surface area contributed by atoms with E-state index in [1.165, 1.54) is 5.56 Å². The molecule has 0 aliphatic heterocycles. The lowest BCUT2D eigenvalue weighted by atomic mass is 9.89. The smallest absolute Gasteiger partial charge is 0.164 e. The Morgan fingerprint density at radius 2 is 1.82 bits per heavy atom. The quantitative estimate of drug-likeness (QED) is 0.791. The number of benzene rings is 1. The van der Waals surface area contributed by atoms with Crippen LogP contribution >= 0.6 is 0 Å². The maximum Gasteiger partial charge on any atom is 0.164 e. The van der Waals surface area contributed by atoms with E-state index < -0.39 is 0 Å². The summed E-state index contributed by atoms with van der Waals surface area (Å²) in [5.74, 6) is 0.979. The number of carbonyl (C=O) groups excluding carboxylic acids is 1. The topological polar surface area (TPSA) is 43.1 Å². The summed E-state index contributed by atoms with van der Waals surface area (Å²) < 4.78 is 0. The Balaban J connectivity index is 3.20. The van der Waals surface area contributed by atoms with Crippen LogP contribution in [-0.4, -0.2) is 12.3 Å². The van der Waals surface area contributed by atoms with E-state index in [1.54, 1.807) is 0 Å². The highest BCUT2D eigenvalue weighted by Gasteiger charge is 2.14. The third-order valence-electron chi connectivity index (χ3n) is 3.04. The molecular weight excluding hydrogens is 210 g/mol. The first kappa shape index (κ1) is 13.9. The van der Waals surface area contributed by atoms with E-state index in [9.17, 15) is 4.79 Å². The van der Waals surface area contributed by atoms with Gasteiger partial charge in [-0.2, -0.15) is 0 Å². The van der Waals surface area contributed by atoms with Crippen molar-refractivity contribution < 1.29 is 4.79 Å². The van der Waals surface area contributed by atoms with Crippen LogP contribution in [0, 0.1) is 0 Å². The Morgan fingerprint density at radius 1 is 1.18 bits per heavy atom. The summed E-state index contributed by atoms with van der Waals surface area (Å²) in [5.41, 5.74) is 8.68. The third-order valence-corrected chi connectivity index (χ3v) is 3.04. The Bertz CT molecular complexity index is 394. The van der Waals surface area contributed by atoms with E-state index in [-0.39, 0.29) is 5.78 Å². The molecule has 94 valence electrons. The van der Waals surface area contributed by atoms with E-state index in [2.05, 4.69) is 39.8 Å². The van der Waals surface area contributed by atoms with E-state index in [0.29, 0.717) is 24.8 Å². The maximum absolute atomic E-state index is 12.1. The molecule has 2 N–H and O–H groups in total. The van der Waals surface area contributed by atoms with Crippen LogP contribution in [0.1, 0.15) is 67.4 Å². The van der Waals surface area contributed by atoms with E-state index in [1.807, 2.05) is 6.07 Å². The van der Waals surface area contributed by atoms with Gasteiger partial charge in [-0.1, -0.05) is 39.8 Å². The van der Waals surface area contributed by atoms with Gasteiger partial charge >= 0.3 is 0 Å². The van der Waals surface area contributed by atoms with Crippen molar-refractivity contribution in [3.63, 3.8) is 0 Å². The summed E-state index contributed by atoms with van der Waals surface area (Å²) in [6, 6.07) is 6.25. The molecule has 0 spiro atoms. The molecule has 0 atom stereocenters. The summed E-state index contributed by atoms with van der Waals surface area (Å²) in [6.45, 7) is 8.93. The van der Waals surface area contributed by atoms with Crippen molar-refractivity contribution in [2.45, 2.75) is 46.0 Å². The molecule has 0 heterocycles. The Labute approximate surface area is 104 Å². The van der Waals surface area contributed by atoms with E-state index in [0.717, 1.165) is 11.1 Å². The van der Waals surface area contributed by atoms with Crippen LogP contribution in [0.4, 0.5) is 0 Å². The van der Waals surface area contributed by atoms with Gasteiger partial charge < -0.3 is 5.73 Å². The molecule has 2 nitrogen and oxygen atoms in total. The Kier molecular flexibility index (Phi) is 4.88. The number of carbonyl (C=O) groups is 1.